The summed E-state index contributed by atoms with van der Waals surface area (Å²) in [6, 6.07) is 5.48. The van der Waals surface area contributed by atoms with Gasteiger partial charge in [-0.05, 0) is 62.7 Å². The quantitative estimate of drug-likeness (QED) is 0.641. The Labute approximate surface area is 198 Å². The maximum Gasteiger partial charge on any atom is 0.175 e. The van der Waals surface area contributed by atoms with Crippen LogP contribution in [0, 0.1) is 22.7 Å². The van der Waals surface area contributed by atoms with Gasteiger partial charge in [0.1, 0.15) is 11.3 Å². The summed E-state index contributed by atoms with van der Waals surface area (Å²) in [5.74, 6) is -0.801. The molecule has 0 radical (unpaired) electrons. The lowest BCUT2D eigenvalue weighted by molar-refractivity contribution is -0.225. The second-order valence-electron chi connectivity index (χ2n) is 10.9. The van der Waals surface area contributed by atoms with Gasteiger partial charge in [-0.25, -0.2) is 9.37 Å². The average Bonchev–Trinajstić information content (AvgIpc) is 3.06. The zero-order valence-electron chi connectivity index (χ0n) is 19.2. The van der Waals surface area contributed by atoms with Gasteiger partial charge in [0.15, 0.2) is 11.6 Å². The molecule has 0 aromatic carbocycles. The highest BCUT2D eigenvalue weighted by atomic mass is 32.2. The van der Waals surface area contributed by atoms with Gasteiger partial charge >= 0.3 is 0 Å². The van der Waals surface area contributed by atoms with Gasteiger partial charge in [-0.1, -0.05) is 37.2 Å². The minimum Gasteiger partial charge on any atom is -0.390 e. The van der Waals surface area contributed by atoms with Gasteiger partial charge in [0.2, 0.25) is 0 Å². The number of aliphatic hydroxyl groups is 2. The molecule has 5 nitrogen and oxygen atoms in total. The molecular weight excluding hydrogens is 441 g/mol. The Morgan fingerprint density at radius 2 is 2.00 bits per heavy atom. The molecule has 0 aliphatic heterocycles. The summed E-state index contributed by atoms with van der Waals surface area (Å²) < 4.78 is 17.1. The number of ketones is 2. The normalized spacial score (nSPS) is 44.5. The van der Waals surface area contributed by atoms with Crippen molar-refractivity contribution in [3.8, 4) is 0 Å². The van der Waals surface area contributed by atoms with E-state index in [1.54, 1.807) is 12.3 Å². The number of pyridine rings is 1. The zero-order chi connectivity index (χ0) is 23.6. The summed E-state index contributed by atoms with van der Waals surface area (Å²) in [5.41, 5.74) is -4.42. The van der Waals surface area contributed by atoms with E-state index in [1.165, 1.54) is 11.8 Å². The van der Waals surface area contributed by atoms with Gasteiger partial charge in [-0.2, -0.15) is 0 Å². The van der Waals surface area contributed by atoms with Gasteiger partial charge in [-0.3, -0.25) is 9.59 Å². The Bertz CT molecular complexity index is 1020. The highest BCUT2D eigenvalue weighted by Crippen LogP contribution is 2.70. The summed E-state index contributed by atoms with van der Waals surface area (Å²) in [4.78, 5) is 29.6. The molecular formula is C26H32FNO4S. The Balaban J connectivity index is 1.44. The maximum absolute atomic E-state index is 17.1. The molecule has 5 rings (SSSR count). The molecule has 33 heavy (non-hydrogen) atoms. The van der Waals surface area contributed by atoms with Crippen molar-refractivity contribution in [2.24, 2.45) is 22.7 Å². The predicted molar refractivity (Wildman–Crippen MR) is 123 cm³/mol. The van der Waals surface area contributed by atoms with Crippen molar-refractivity contribution in [1.29, 1.82) is 0 Å². The fourth-order valence-electron chi connectivity index (χ4n) is 7.72. The van der Waals surface area contributed by atoms with Crippen LogP contribution in [0.1, 0.15) is 58.8 Å². The summed E-state index contributed by atoms with van der Waals surface area (Å²) in [7, 11) is 0. The minimum absolute atomic E-state index is 0.0332. The third-order valence-corrected chi connectivity index (χ3v) is 10.6. The van der Waals surface area contributed by atoms with E-state index in [-0.39, 0.29) is 36.1 Å². The van der Waals surface area contributed by atoms with E-state index in [2.05, 4.69) is 4.98 Å². The van der Waals surface area contributed by atoms with Crippen molar-refractivity contribution in [2.45, 2.75) is 81.2 Å². The van der Waals surface area contributed by atoms with Crippen LogP contribution < -0.4 is 0 Å². The van der Waals surface area contributed by atoms with E-state index in [0.717, 1.165) is 5.57 Å². The first-order valence-electron chi connectivity index (χ1n) is 12.0. The molecule has 4 aliphatic rings. The van der Waals surface area contributed by atoms with E-state index >= 15 is 4.39 Å². The fraction of sp³-hybridized carbons (Fsp3) is 0.654. The number of nitrogens with zero attached hydrogens (tertiary/aromatic N) is 1. The van der Waals surface area contributed by atoms with Crippen LogP contribution in [0.5, 0.6) is 0 Å². The molecule has 4 aliphatic carbocycles. The number of aromatic nitrogens is 1. The molecule has 3 saturated carbocycles. The van der Waals surface area contributed by atoms with Gasteiger partial charge < -0.3 is 10.2 Å². The highest BCUT2D eigenvalue weighted by Gasteiger charge is 2.74. The van der Waals surface area contributed by atoms with Crippen LogP contribution in [-0.4, -0.2) is 49.9 Å². The molecule has 1 heterocycles. The highest BCUT2D eigenvalue weighted by molar-refractivity contribution is 7.99. The maximum atomic E-state index is 17.1. The number of halogens is 1. The molecule has 2 N–H and O–H groups in total. The van der Waals surface area contributed by atoms with Gasteiger partial charge in [0.25, 0.3) is 0 Å². The molecule has 0 saturated heterocycles. The zero-order valence-corrected chi connectivity index (χ0v) is 20.0. The molecule has 0 spiro atoms. The van der Waals surface area contributed by atoms with Crippen LogP contribution in [-0.2, 0) is 9.59 Å². The van der Waals surface area contributed by atoms with Crippen molar-refractivity contribution >= 4 is 23.3 Å². The minimum atomic E-state index is -1.86. The Kier molecular flexibility index (Phi) is 5.42. The van der Waals surface area contributed by atoms with E-state index in [4.69, 9.17) is 0 Å². The van der Waals surface area contributed by atoms with E-state index in [1.807, 2.05) is 32.0 Å². The number of allylic oxidation sites excluding steroid dienone is 1. The topological polar surface area (TPSA) is 87.5 Å². The average molecular weight is 474 g/mol. The molecule has 0 bridgehead atoms. The van der Waals surface area contributed by atoms with Gasteiger partial charge in [0, 0.05) is 29.4 Å². The van der Waals surface area contributed by atoms with E-state index < -0.39 is 34.1 Å². The Morgan fingerprint density at radius 3 is 2.73 bits per heavy atom. The summed E-state index contributed by atoms with van der Waals surface area (Å²) in [6.45, 7) is 3.73. The number of carbonyl (C=O) groups excluding carboxylic acids is 2. The largest absolute Gasteiger partial charge is 0.390 e. The van der Waals surface area contributed by atoms with Crippen molar-refractivity contribution in [2.75, 3.05) is 5.75 Å². The first-order valence-corrected chi connectivity index (χ1v) is 13.0. The summed E-state index contributed by atoms with van der Waals surface area (Å²) in [6.07, 6.45) is 4.69. The second-order valence-corrected chi connectivity index (χ2v) is 11.9. The molecule has 1 aromatic heterocycles. The van der Waals surface area contributed by atoms with Crippen molar-refractivity contribution in [3.63, 3.8) is 0 Å². The molecule has 178 valence electrons. The van der Waals surface area contributed by atoms with Crippen LogP contribution in [0.4, 0.5) is 4.39 Å². The number of alkyl halides is 1. The number of thioether (sulfide) groups is 1. The Morgan fingerprint density at radius 1 is 1.21 bits per heavy atom. The second kappa shape index (κ2) is 7.72. The standard InChI is InChI=1S/C26H32FNO4S/c1-23-10-8-17(29)13-16(23)6-7-19-18-9-11-25(32,24(18,2)14-20(30)26(19,23)27)21(31)15-33-22-5-3-4-12-28-22/h3-5,12-13,18-20,30,32H,6-11,14-15H2,1-2H3/t18?,19?,20-,23?,24?,25-,26-/m0/s1. The molecule has 7 heteroatoms. The number of aliphatic hydroxyl groups excluding tert-OH is 1. The lowest BCUT2D eigenvalue weighted by atomic mass is 9.44. The third kappa shape index (κ3) is 3.08. The smallest absolute Gasteiger partial charge is 0.175 e. The lowest BCUT2D eigenvalue weighted by Gasteiger charge is -2.63. The number of rotatable bonds is 4. The first kappa shape index (κ1) is 23.2. The molecule has 1 aromatic rings. The van der Waals surface area contributed by atoms with Crippen LogP contribution in [0.25, 0.3) is 0 Å². The lowest BCUT2D eigenvalue weighted by Crippen LogP contribution is -2.69. The predicted octanol–water partition coefficient (Wildman–Crippen LogP) is 4.07. The third-order valence-electron chi connectivity index (χ3n) is 9.64. The summed E-state index contributed by atoms with van der Waals surface area (Å²) in [5, 5.41) is 23.8. The fourth-order valence-corrected chi connectivity index (χ4v) is 8.55. The SMILES string of the molecule is CC12C[C@H](O)[C@@]3(F)C(CCC4=CC(=O)CCC43C)C1CC[C@]2(O)C(=O)CSc1ccccn1. The number of hydrogen-bond donors (Lipinski definition) is 2. The van der Waals surface area contributed by atoms with Crippen LogP contribution in [0.3, 0.4) is 0 Å². The first-order chi connectivity index (χ1) is 15.6. The number of hydrogen-bond acceptors (Lipinski definition) is 6. The van der Waals surface area contributed by atoms with Crippen LogP contribution >= 0.6 is 11.8 Å². The molecule has 4 unspecified atom stereocenters. The van der Waals surface area contributed by atoms with Crippen molar-refractivity contribution in [1.82, 2.24) is 4.98 Å². The van der Waals surface area contributed by atoms with Crippen molar-refractivity contribution in [3.05, 3.63) is 36.0 Å². The molecule has 0 amide bonds. The molecule has 7 atom stereocenters. The number of Topliss-reactive ketones (excluding diaryl/α,β-unsaturated/α-hetero) is 1. The van der Waals surface area contributed by atoms with Crippen molar-refractivity contribution < 1.29 is 24.2 Å². The van der Waals surface area contributed by atoms with Gasteiger partial charge in [-0.15, -0.1) is 0 Å². The Hall–Kier alpha value is -1.57. The summed E-state index contributed by atoms with van der Waals surface area (Å²) >= 11 is 1.29. The number of carbonyl (C=O) groups is 2. The van der Waals surface area contributed by atoms with E-state index in [9.17, 15) is 19.8 Å². The number of fused-ring (bicyclic) bond motifs is 5. The monoisotopic (exact) mass is 473 g/mol. The molecule has 3 fully saturated rings. The van der Waals surface area contributed by atoms with Crippen LogP contribution in [0.2, 0.25) is 0 Å². The van der Waals surface area contributed by atoms with E-state index in [0.29, 0.717) is 37.1 Å². The van der Waals surface area contributed by atoms with Gasteiger partial charge in [0.05, 0.1) is 16.9 Å². The van der Waals surface area contributed by atoms with Crippen LogP contribution in [0.15, 0.2) is 41.1 Å².